The minimum atomic E-state index is -3.72. The Labute approximate surface area is 169 Å². The van der Waals surface area contributed by atoms with Crippen molar-refractivity contribution in [3.63, 3.8) is 0 Å². The SMILES string of the molecule is CC(Cc1c(F)cccc1F)NC(=O)c1cccc(S(=O)(=O)NC2CCCC2)c1. The fourth-order valence-corrected chi connectivity index (χ4v) is 4.88. The molecule has 2 N–H and O–H groups in total. The minimum absolute atomic E-state index is 0.0184. The van der Waals surface area contributed by atoms with Crippen LogP contribution in [0.4, 0.5) is 8.78 Å². The summed E-state index contributed by atoms with van der Waals surface area (Å²) in [6, 6.07) is 8.73. The number of nitrogens with one attached hydrogen (secondary N) is 2. The van der Waals surface area contributed by atoms with Gasteiger partial charge in [-0.3, -0.25) is 4.79 Å². The lowest BCUT2D eigenvalue weighted by atomic mass is 10.1. The first-order valence-corrected chi connectivity index (χ1v) is 11.1. The summed E-state index contributed by atoms with van der Waals surface area (Å²) in [4.78, 5) is 12.5. The predicted octanol–water partition coefficient (Wildman–Crippen LogP) is 3.55. The molecule has 1 saturated carbocycles. The van der Waals surface area contributed by atoms with Gasteiger partial charge in [-0.05, 0) is 56.5 Å². The maximum absolute atomic E-state index is 13.8. The highest BCUT2D eigenvalue weighted by atomic mass is 32.2. The van der Waals surface area contributed by atoms with Crippen molar-refractivity contribution in [1.29, 1.82) is 0 Å². The topological polar surface area (TPSA) is 75.3 Å². The number of amides is 1. The summed E-state index contributed by atoms with van der Waals surface area (Å²) in [6.07, 6.45) is 3.59. The van der Waals surface area contributed by atoms with E-state index in [1.165, 1.54) is 42.5 Å². The fraction of sp³-hybridized carbons (Fsp3) is 0.381. The van der Waals surface area contributed by atoms with Crippen molar-refractivity contribution in [1.82, 2.24) is 10.0 Å². The molecule has 1 unspecified atom stereocenters. The molecule has 0 saturated heterocycles. The molecule has 156 valence electrons. The van der Waals surface area contributed by atoms with E-state index in [2.05, 4.69) is 10.0 Å². The molecule has 8 heteroatoms. The van der Waals surface area contributed by atoms with Gasteiger partial charge in [0.25, 0.3) is 5.91 Å². The second-order valence-corrected chi connectivity index (χ2v) is 9.12. The van der Waals surface area contributed by atoms with Crippen molar-refractivity contribution >= 4 is 15.9 Å². The van der Waals surface area contributed by atoms with E-state index in [0.29, 0.717) is 0 Å². The summed E-state index contributed by atoms with van der Waals surface area (Å²) in [5.41, 5.74) is 0.0672. The van der Waals surface area contributed by atoms with Crippen LogP contribution in [0.5, 0.6) is 0 Å². The predicted molar refractivity (Wildman–Crippen MR) is 106 cm³/mol. The third-order valence-electron chi connectivity index (χ3n) is 5.03. The number of hydrogen-bond acceptors (Lipinski definition) is 3. The molecule has 0 aromatic heterocycles. The van der Waals surface area contributed by atoms with Crippen LogP contribution in [0, 0.1) is 11.6 Å². The van der Waals surface area contributed by atoms with Gasteiger partial charge in [-0.1, -0.05) is 25.0 Å². The molecular formula is C21H24F2N2O3S. The summed E-state index contributed by atoms with van der Waals surface area (Å²) < 4.78 is 55.4. The fourth-order valence-electron chi connectivity index (χ4n) is 3.53. The molecule has 1 atom stereocenters. The van der Waals surface area contributed by atoms with E-state index < -0.39 is 33.6 Å². The molecule has 0 heterocycles. The number of hydrogen-bond donors (Lipinski definition) is 2. The Hall–Kier alpha value is -2.32. The van der Waals surface area contributed by atoms with Crippen molar-refractivity contribution in [3.8, 4) is 0 Å². The van der Waals surface area contributed by atoms with Gasteiger partial charge < -0.3 is 5.32 Å². The molecule has 29 heavy (non-hydrogen) atoms. The average Bonchev–Trinajstić information content (AvgIpc) is 3.17. The molecule has 0 radical (unpaired) electrons. The van der Waals surface area contributed by atoms with Crippen LogP contribution < -0.4 is 10.0 Å². The zero-order chi connectivity index (χ0) is 21.0. The zero-order valence-electron chi connectivity index (χ0n) is 16.1. The normalized spacial score (nSPS) is 16.0. The van der Waals surface area contributed by atoms with Crippen LogP contribution in [-0.2, 0) is 16.4 Å². The first-order valence-electron chi connectivity index (χ1n) is 9.62. The van der Waals surface area contributed by atoms with Gasteiger partial charge in [-0.15, -0.1) is 0 Å². The van der Waals surface area contributed by atoms with Gasteiger partial charge in [-0.2, -0.15) is 0 Å². The first kappa shape index (κ1) is 21.4. The molecule has 5 nitrogen and oxygen atoms in total. The number of benzene rings is 2. The highest BCUT2D eigenvalue weighted by molar-refractivity contribution is 7.89. The quantitative estimate of drug-likeness (QED) is 0.717. The standard InChI is InChI=1S/C21H24F2N2O3S/c1-14(12-18-19(22)10-5-11-20(18)23)24-21(26)15-6-4-9-17(13-15)29(27,28)25-16-7-2-3-8-16/h4-6,9-11,13-14,16,25H,2-3,7-8,12H2,1H3,(H,24,26). The molecule has 1 aliphatic carbocycles. The molecule has 2 aromatic rings. The number of rotatable bonds is 7. The molecule has 0 aliphatic heterocycles. The largest absolute Gasteiger partial charge is 0.349 e. The van der Waals surface area contributed by atoms with E-state index in [9.17, 15) is 22.0 Å². The smallest absolute Gasteiger partial charge is 0.251 e. The number of carbonyl (C=O) groups excluding carboxylic acids is 1. The number of halogens is 2. The zero-order valence-corrected chi connectivity index (χ0v) is 16.9. The van der Waals surface area contributed by atoms with Crippen LogP contribution >= 0.6 is 0 Å². The Balaban J connectivity index is 1.69. The van der Waals surface area contributed by atoms with Gasteiger partial charge in [-0.25, -0.2) is 21.9 Å². The summed E-state index contributed by atoms with van der Waals surface area (Å²) in [6.45, 7) is 1.63. The third kappa shape index (κ3) is 5.39. The van der Waals surface area contributed by atoms with Crippen molar-refractivity contribution in [2.24, 2.45) is 0 Å². The highest BCUT2D eigenvalue weighted by Crippen LogP contribution is 2.21. The number of carbonyl (C=O) groups is 1. The van der Waals surface area contributed by atoms with Crippen LogP contribution in [-0.4, -0.2) is 26.4 Å². The van der Waals surface area contributed by atoms with Crippen LogP contribution in [0.25, 0.3) is 0 Å². The lowest BCUT2D eigenvalue weighted by molar-refractivity contribution is 0.0939. The van der Waals surface area contributed by atoms with E-state index in [4.69, 9.17) is 0 Å². The maximum atomic E-state index is 13.8. The minimum Gasteiger partial charge on any atom is -0.349 e. The lowest BCUT2D eigenvalue weighted by Gasteiger charge is -2.16. The van der Waals surface area contributed by atoms with E-state index in [1.807, 2.05) is 0 Å². The Morgan fingerprint density at radius 3 is 2.38 bits per heavy atom. The van der Waals surface area contributed by atoms with Crippen LogP contribution in [0.3, 0.4) is 0 Å². The van der Waals surface area contributed by atoms with Crippen molar-refractivity contribution in [2.75, 3.05) is 0 Å². The van der Waals surface area contributed by atoms with Gasteiger partial charge in [0.15, 0.2) is 0 Å². The van der Waals surface area contributed by atoms with Gasteiger partial charge in [0.05, 0.1) is 4.90 Å². The van der Waals surface area contributed by atoms with E-state index in [1.54, 1.807) is 6.92 Å². The number of sulfonamides is 1. The Bertz CT molecular complexity index is 969. The second kappa shape index (κ2) is 9.00. The Morgan fingerprint density at radius 1 is 1.10 bits per heavy atom. The van der Waals surface area contributed by atoms with Crippen molar-refractivity contribution < 1.29 is 22.0 Å². The second-order valence-electron chi connectivity index (χ2n) is 7.41. The monoisotopic (exact) mass is 422 g/mol. The Kier molecular flexibility index (Phi) is 6.64. The molecule has 0 spiro atoms. The molecule has 1 fully saturated rings. The van der Waals surface area contributed by atoms with Crippen LogP contribution in [0.2, 0.25) is 0 Å². The maximum Gasteiger partial charge on any atom is 0.251 e. The third-order valence-corrected chi connectivity index (χ3v) is 6.55. The Morgan fingerprint density at radius 2 is 1.72 bits per heavy atom. The molecule has 2 aromatic carbocycles. The first-order chi connectivity index (χ1) is 13.8. The van der Waals surface area contributed by atoms with Gasteiger partial charge in [0.1, 0.15) is 11.6 Å². The average molecular weight is 422 g/mol. The van der Waals surface area contributed by atoms with E-state index in [0.717, 1.165) is 25.7 Å². The van der Waals surface area contributed by atoms with Gasteiger partial charge in [0.2, 0.25) is 10.0 Å². The van der Waals surface area contributed by atoms with E-state index >= 15 is 0 Å². The van der Waals surface area contributed by atoms with Gasteiger partial charge in [0, 0.05) is 23.2 Å². The molecule has 1 aliphatic rings. The molecule has 3 rings (SSSR count). The summed E-state index contributed by atoms with van der Waals surface area (Å²) in [7, 11) is -3.72. The molecular weight excluding hydrogens is 398 g/mol. The van der Waals surface area contributed by atoms with Crippen molar-refractivity contribution in [2.45, 2.75) is 56.0 Å². The lowest BCUT2D eigenvalue weighted by Crippen LogP contribution is -2.35. The summed E-state index contributed by atoms with van der Waals surface area (Å²) >= 11 is 0. The van der Waals surface area contributed by atoms with E-state index in [-0.39, 0.29) is 28.5 Å². The van der Waals surface area contributed by atoms with Gasteiger partial charge >= 0.3 is 0 Å². The van der Waals surface area contributed by atoms with Crippen molar-refractivity contribution in [3.05, 3.63) is 65.2 Å². The molecule has 0 bridgehead atoms. The summed E-state index contributed by atoms with van der Waals surface area (Å²) in [5, 5.41) is 2.66. The highest BCUT2D eigenvalue weighted by Gasteiger charge is 2.24. The van der Waals surface area contributed by atoms with Crippen LogP contribution in [0.15, 0.2) is 47.4 Å². The van der Waals surface area contributed by atoms with Crippen LogP contribution in [0.1, 0.15) is 48.5 Å². The molecule has 1 amide bonds. The summed E-state index contributed by atoms with van der Waals surface area (Å²) in [5.74, 6) is -1.85.